The average molecular weight is 795 g/mol. The number of hydrogen-bond acceptors (Lipinski definition) is 11. The van der Waals surface area contributed by atoms with Gasteiger partial charge in [0.25, 0.3) is 0 Å². The number of hydrogen-bond donors (Lipinski definition) is 6. The fraction of sp³-hybridized carbons (Fsp3) is 0.927. The molecule has 13 heteroatoms. The van der Waals surface area contributed by atoms with Crippen LogP contribution in [0.4, 0.5) is 0 Å². The molecule has 8 atom stereocenters. The number of phosphoric ester groups is 1. The zero-order valence-corrected chi connectivity index (χ0v) is 34.7. The summed E-state index contributed by atoms with van der Waals surface area (Å²) < 4.78 is 34.1. The Morgan fingerprint density at radius 3 is 1.48 bits per heavy atom. The first-order valence-electron chi connectivity index (χ1n) is 21.5. The van der Waals surface area contributed by atoms with Crippen molar-refractivity contribution in [2.45, 2.75) is 224 Å². The van der Waals surface area contributed by atoms with Crippen LogP contribution in [-0.2, 0) is 27.9 Å². The van der Waals surface area contributed by atoms with E-state index in [0.29, 0.717) is 13.0 Å². The number of esters is 1. The van der Waals surface area contributed by atoms with Gasteiger partial charge in [-0.3, -0.25) is 13.8 Å². The number of rotatable bonds is 36. The largest absolute Gasteiger partial charge is 0.472 e. The van der Waals surface area contributed by atoms with Crippen LogP contribution in [0.3, 0.4) is 0 Å². The van der Waals surface area contributed by atoms with Crippen LogP contribution in [0.2, 0.25) is 0 Å². The topological polar surface area (TPSA) is 192 Å². The number of phosphoric acid groups is 1. The number of ether oxygens (including phenoxy) is 2. The summed E-state index contributed by atoms with van der Waals surface area (Å²) in [7, 11) is -5.01. The average Bonchev–Trinajstić information content (AvgIpc) is 3.15. The summed E-state index contributed by atoms with van der Waals surface area (Å²) in [6.45, 7) is 4.24. The van der Waals surface area contributed by atoms with Crippen molar-refractivity contribution in [2.24, 2.45) is 0 Å². The van der Waals surface area contributed by atoms with Crippen LogP contribution in [0, 0.1) is 0 Å². The van der Waals surface area contributed by atoms with Gasteiger partial charge in [-0.1, -0.05) is 148 Å². The van der Waals surface area contributed by atoms with Gasteiger partial charge in [-0.2, -0.15) is 0 Å². The lowest BCUT2D eigenvalue weighted by atomic mass is 9.85. The molecule has 0 aliphatic heterocycles. The van der Waals surface area contributed by atoms with Crippen molar-refractivity contribution in [1.29, 1.82) is 0 Å². The van der Waals surface area contributed by atoms with Crippen LogP contribution >= 0.6 is 7.82 Å². The molecule has 1 aliphatic rings. The molecule has 0 saturated heterocycles. The van der Waals surface area contributed by atoms with E-state index in [4.69, 9.17) is 18.5 Å². The third-order valence-electron chi connectivity index (χ3n) is 10.1. The highest BCUT2D eigenvalue weighted by Gasteiger charge is 2.51. The van der Waals surface area contributed by atoms with Gasteiger partial charge in [0, 0.05) is 13.0 Å². The molecule has 54 heavy (non-hydrogen) atoms. The molecule has 320 valence electrons. The number of carbonyl (C=O) groups is 1. The Kier molecular flexibility index (Phi) is 31.3. The lowest BCUT2D eigenvalue weighted by Crippen LogP contribution is -2.64. The van der Waals surface area contributed by atoms with Crippen LogP contribution < -0.4 is 0 Å². The molecule has 0 bridgehead atoms. The van der Waals surface area contributed by atoms with E-state index in [9.17, 15) is 39.8 Å². The molecule has 6 unspecified atom stereocenters. The highest BCUT2D eigenvalue weighted by molar-refractivity contribution is 7.47. The van der Waals surface area contributed by atoms with E-state index < -0.39 is 63.1 Å². The molecule has 0 spiro atoms. The summed E-state index contributed by atoms with van der Waals surface area (Å²) in [5.41, 5.74) is 0. The normalized spacial score (nSPS) is 23.5. The van der Waals surface area contributed by atoms with Crippen molar-refractivity contribution in [2.75, 3.05) is 19.8 Å². The van der Waals surface area contributed by atoms with E-state index >= 15 is 0 Å². The number of allylic oxidation sites excluding steroid dienone is 2. The predicted molar refractivity (Wildman–Crippen MR) is 212 cm³/mol. The monoisotopic (exact) mass is 795 g/mol. The molecule has 0 radical (unpaired) electrons. The maximum Gasteiger partial charge on any atom is 0.472 e. The van der Waals surface area contributed by atoms with Crippen LogP contribution in [0.15, 0.2) is 12.2 Å². The van der Waals surface area contributed by atoms with Gasteiger partial charge in [0.2, 0.25) is 0 Å². The summed E-state index contributed by atoms with van der Waals surface area (Å²) >= 11 is 0. The van der Waals surface area contributed by atoms with Gasteiger partial charge < -0.3 is 39.9 Å². The molecule has 0 aromatic rings. The van der Waals surface area contributed by atoms with Gasteiger partial charge in [-0.05, 0) is 38.5 Å². The fourth-order valence-electron chi connectivity index (χ4n) is 6.64. The van der Waals surface area contributed by atoms with E-state index in [-0.39, 0.29) is 13.0 Å². The minimum Gasteiger partial charge on any atom is -0.457 e. The fourth-order valence-corrected chi connectivity index (χ4v) is 7.62. The SMILES string of the molecule is CCCCCC/C=C\CCCCCCCC(=O)O[C@H](COCCCCCCCCCCCCCCCC)COP(=O)(O)OC1C(O)C(O)C(O)[C@@H](O)C1O. The lowest BCUT2D eigenvalue weighted by Gasteiger charge is -2.41. The smallest absolute Gasteiger partial charge is 0.457 e. The predicted octanol–water partition coefficient (Wildman–Crippen LogP) is 7.97. The van der Waals surface area contributed by atoms with E-state index in [1.54, 1.807) is 0 Å². The second kappa shape index (κ2) is 33.1. The van der Waals surface area contributed by atoms with Crippen LogP contribution in [-0.4, -0.2) is 98.9 Å². The van der Waals surface area contributed by atoms with E-state index in [1.165, 1.54) is 96.3 Å². The summed E-state index contributed by atoms with van der Waals surface area (Å²) in [6, 6.07) is 0. The molecule has 1 saturated carbocycles. The van der Waals surface area contributed by atoms with E-state index in [2.05, 4.69) is 26.0 Å². The molecular formula is C41H79O12P. The van der Waals surface area contributed by atoms with Gasteiger partial charge in [-0.25, -0.2) is 4.57 Å². The summed E-state index contributed by atoms with van der Waals surface area (Å²) in [6.07, 6.45) is 21.4. The minimum absolute atomic E-state index is 0.0748. The zero-order chi connectivity index (χ0) is 39.9. The first kappa shape index (κ1) is 51.1. The van der Waals surface area contributed by atoms with Crippen molar-refractivity contribution >= 4 is 13.8 Å². The molecule has 0 aromatic heterocycles. The molecule has 0 amide bonds. The Labute approximate surface area is 327 Å². The molecule has 6 N–H and O–H groups in total. The van der Waals surface area contributed by atoms with Gasteiger partial charge in [0.1, 0.15) is 42.7 Å². The summed E-state index contributed by atoms with van der Waals surface area (Å²) in [4.78, 5) is 23.1. The number of aliphatic hydroxyl groups excluding tert-OH is 5. The first-order chi connectivity index (χ1) is 26.0. The number of carbonyl (C=O) groups excluding carboxylic acids is 1. The van der Waals surface area contributed by atoms with Gasteiger partial charge in [0.05, 0.1) is 13.2 Å². The third-order valence-corrected chi connectivity index (χ3v) is 11.1. The lowest BCUT2D eigenvalue weighted by molar-refractivity contribution is -0.220. The Hall–Kier alpha value is -0.920. The molecule has 0 aromatic carbocycles. The first-order valence-corrected chi connectivity index (χ1v) is 23.0. The van der Waals surface area contributed by atoms with E-state index in [1.807, 2.05) is 0 Å². The number of aliphatic hydroxyl groups is 5. The van der Waals surface area contributed by atoms with Crippen molar-refractivity contribution in [3.05, 3.63) is 12.2 Å². The molecule has 12 nitrogen and oxygen atoms in total. The van der Waals surface area contributed by atoms with Crippen molar-refractivity contribution in [1.82, 2.24) is 0 Å². The standard InChI is InChI=1S/C41H79O12P/c1-3-5-7-9-11-13-15-17-19-21-23-25-27-29-31-50-32-34(33-51-54(48,49)53-41-39(46)37(44)36(43)38(45)40(41)47)52-35(42)30-28-26-24-22-20-18-16-14-12-10-8-6-4-2/h14,16,34,36-41,43-47H,3-13,15,17-33H2,1-2H3,(H,48,49)/b16-14-/t34-,36?,37-,38?,39?,40?,41?/m1/s1. The second-order valence-corrected chi connectivity index (χ2v) is 16.6. The Morgan fingerprint density at radius 2 is 0.981 bits per heavy atom. The molecule has 1 fully saturated rings. The quantitative estimate of drug-likeness (QED) is 0.0155. The van der Waals surface area contributed by atoms with Crippen molar-refractivity contribution in [3.63, 3.8) is 0 Å². The maximum atomic E-state index is 12.8. The Balaban J connectivity index is 2.43. The molecule has 1 rings (SSSR count). The zero-order valence-electron chi connectivity index (χ0n) is 33.8. The number of unbranched alkanes of at least 4 members (excludes halogenated alkanes) is 22. The molecule has 1 aliphatic carbocycles. The van der Waals surface area contributed by atoms with Gasteiger partial charge in [-0.15, -0.1) is 0 Å². The van der Waals surface area contributed by atoms with Crippen LogP contribution in [0.5, 0.6) is 0 Å². The van der Waals surface area contributed by atoms with E-state index in [0.717, 1.165) is 57.8 Å². The highest BCUT2D eigenvalue weighted by Crippen LogP contribution is 2.47. The molecular weight excluding hydrogens is 715 g/mol. The minimum atomic E-state index is -5.01. The van der Waals surface area contributed by atoms with Crippen molar-refractivity contribution in [3.8, 4) is 0 Å². The summed E-state index contributed by atoms with van der Waals surface area (Å²) in [5.74, 6) is -0.484. The second-order valence-electron chi connectivity index (χ2n) is 15.2. The van der Waals surface area contributed by atoms with Gasteiger partial charge >= 0.3 is 13.8 Å². The highest BCUT2D eigenvalue weighted by atomic mass is 31.2. The van der Waals surface area contributed by atoms with Crippen molar-refractivity contribution < 1.29 is 58.3 Å². The van der Waals surface area contributed by atoms with Gasteiger partial charge in [0.15, 0.2) is 0 Å². The Morgan fingerprint density at radius 1 is 0.574 bits per heavy atom. The van der Waals surface area contributed by atoms with Crippen LogP contribution in [0.25, 0.3) is 0 Å². The third kappa shape index (κ3) is 25.4. The molecule has 0 heterocycles. The maximum absolute atomic E-state index is 12.8. The van der Waals surface area contributed by atoms with Crippen LogP contribution in [0.1, 0.15) is 181 Å². The summed E-state index contributed by atoms with van der Waals surface area (Å²) in [5, 5.41) is 50.0. The Bertz CT molecular complexity index is 952.